The van der Waals surface area contributed by atoms with Gasteiger partial charge in [-0.2, -0.15) is 0 Å². The van der Waals surface area contributed by atoms with E-state index in [0.717, 1.165) is 9.13 Å². The minimum absolute atomic E-state index is 0.000949. The van der Waals surface area contributed by atoms with Gasteiger partial charge in [-0.25, -0.2) is 9.79 Å². The lowest BCUT2D eigenvalue weighted by molar-refractivity contribution is -0.385. The van der Waals surface area contributed by atoms with Gasteiger partial charge < -0.3 is 14.2 Å². The van der Waals surface area contributed by atoms with Crippen LogP contribution in [0.2, 0.25) is 5.02 Å². The van der Waals surface area contributed by atoms with Crippen LogP contribution in [0.25, 0.3) is 6.08 Å². The summed E-state index contributed by atoms with van der Waals surface area (Å²) in [6, 6.07) is 15.8. The van der Waals surface area contributed by atoms with Gasteiger partial charge in [0.25, 0.3) is 5.69 Å². The van der Waals surface area contributed by atoms with Gasteiger partial charge in [0.15, 0.2) is 17.2 Å². The number of carbonyl (C=O) groups is 1. The van der Waals surface area contributed by atoms with Crippen molar-refractivity contribution in [1.82, 2.24) is 0 Å². The molecule has 0 N–H and O–H groups in total. The molecule has 0 atom stereocenters. The van der Waals surface area contributed by atoms with Crippen molar-refractivity contribution in [3.05, 3.63) is 101 Å². The van der Waals surface area contributed by atoms with Gasteiger partial charge in [0.2, 0.25) is 5.90 Å². The van der Waals surface area contributed by atoms with Crippen LogP contribution in [0.1, 0.15) is 29.2 Å². The average molecular weight is 619 g/mol. The Bertz CT molecular complexity index is 1420. The number of benzene rings is 3. The van der Waals surface area contributed by atoms with Crippen LogP contribution in [-0.4, -0.2) is 23.4 Å². The molecule has 1 aliphatic rings. The summed E-state index contributed by atoms with van der Waals surface area (Å²) in [4.78, 5) is 27.6. The number of rotatable bonds is 8. The molecule has 0 aromatic heterocycles. The van der Waals surface area contributed by atoms with Crippen LogP contribution in [0.3, 0.4) is 0 Å². The first-order chi connectivity index (χ1) is 17.3. The number of halogens is 2. The van der Waals surface area contributed by atoms with E-state index < -0.39 is 10.9 Å². The number of hydrogen-bond acceptors (Lipinski definition) is 7. The minimum atomic E-state index is -0.677. The van der Waals surface area contributed by atoms with Gasteiger partial charge in [-0.15, -0.1) is 0 Å². The monoisotopic (exact) mass is 618 g/mol. The first-order valence-corrected chi connectivity index (χ1v) is 12.3. The van der Waals surface area contributed by atoms with E-state index in [1.807, 2.05) is 31.2 Å². The summed E-state index contributed by atoms with van der Waals surface area (Å²) < 4.78 is 18.1. The predicted molar refractivity (Wildman–Crippen MR) is 145 cm³/mol. The van der Waals surface area contributed by atoms with Crippen LogP contribution < -0.4 is 9.47 Å². The van der Waals surface area contributed by atoms with Gasteiger partial charge >= 0.3 is 5.97 Å². The van der Waals surface area contributed by atoms with Crippen LogP contribution >= 0.6 is 34.2 Å². The summed E-state index contributed by atoms with van der Waals surface area (Å²) in [6.07, 6.45) is 1.51. The third kappa shape index (κ3) is 5.68. The molecule has 36 heavy (non-hydrogen) atoms. The van der Waals surface area contributed by atoms with Crippen LogP contribution in [-0.2, 0) is 16.1 Å². The zero-order chi connectivity index (χ0) is 25.8. The lowest BCUT2D eigenvalue weighted by Gasteiger charge is -2.15. The highest BCUT2D eigenvalue weighted by Gasteiger charge is 2.27. The highest BCUT2D eigenvalue weighted by atomic mass is 127. The lowest BCUT2D eigenvalue weighted by atomic mass is 10.1. The highest BCUT2D eigenvalue weighted by molar-refractivity contribution is 14.1. The van der Waals surface area contributed by atoms with Crippen molar-refractivity contribution in [3.8, 4) is 11.5 Å². The number of carbonyl (C=O) groups excluding carboxylic acids is 1. The summed E-state index contributed by atoms with van der Waals surface area (Å²) in [5.41, 5.74) is 2.20. The van der Waals surface area contributed by atoms with E-state index in [1.54, 1.807) is 25.1 Å². The predicted octanol–water partition coefficient (Wildman–Crippen LogP) is 6.48. The van der Waals surface area contributed by atoms with E-state index in [0.29, 0.717) is 46.4 Å². The van der Waals surface area contributed by atoms with E-state index in [1.165, 1.54) is 18.2 Å². The molecule has 1 heterocycles. The van der Waals surface area contributed by atoms with Crippen LogP contribution in [0, 0.1) is 20.6 Å². The second-order valence-electron chi connectivity index (χ2n) is 7.72. The summed E-state index contributed by atoms with van der Waals surface area (Å²) in [5.74, 6) is 0.141. The first kappa shape index (κ1) is 25.6. The van der Waals surface area contributed by atoms with Gasteiger partial charge in [-0.3, -0.25) is 10.1 Å². The Hall–Kier alpha value is -3.44. The number of nitro groups is 1. The van der Waals surface area contributed by atoms with Crippen molar-refractivity contribution in [2.24, 2.45) is 4.99 Å². The van der Waals surface area contributed by atoms with Crippen LogP contribution in [0.15, 0.2) is 65.3 Å². The normalized spacial score (nSPS) is 13.9. The maximum absolute atomic E-state index is 12.5. The molecular formula is C26H20ClIN2O6. The number of esters is 1. The quantitative estimate of drug-likeness (QED) is 0.0942. The van der Waals surface area contributed by atoms with E-state index >= 15 is 0 Å². The zero-order valence-electron chi connectivity index (χ0n) is 19.3. The Morgan fingerprint density at radius 1 is 1.17 bits per heavy atom. The molecule has 3 aromatic carbocycles. The minimum Gasteiger partial charge on any atom is -0.490 e. The van der Waals surface area contributed by atoms with Crippen LogP contribution in [0.5, 0.6) is 11.5 Å². The fourth-order valence-corrected chi connectivity index (χ4v) is 4.47. The smallest absolute Gasteiger partial charge is 0.363 e. The van der Waals surface area contributed by atoms with Gasteiger partial charge in [0.05, 0.1) is 16.6 Å². The largest absolute Gasteiger partial charge is 0.490 e. The molecule has 0 unspecified atom stereocenters. The van der Waals surface area contributed by atoms with Gasteiger partial charge in [0, 0.05) is 20.8 Å². The Morgan fingerprint density at radius 2 is 1.94 bits per heavy atom. The lowest BCUT2D eigenvalue weighted by Crippen LogP contribution is -2.08. The molecule has 1 aliphatic heterocycles. The van der Waals surface area contributed by atoms with E-state index in [2.05, 4.69) is 27.6 Å². The Morgan fingerprint density at radius 3 is 2.67 bits per heavy atom. The average Bonchev–Trinajstić information content (AvgIpc) is 3.18. The second kappa shape index (κ2) is 11.1. The molecule has 0 saturated carbocycles. The zero-order valence-corrected chi connectivity index (χ0v) is 22.2. The van der Waals surface area contributed by atoms with E-state index in [9.17, 15) is 14.9 Å². The van der Waals surface area contributed by atoms with Crippen molar-refractivity contribution in [1.29, 1.82) is 0 Å². The molecule has 0 bridgehead atoms. The fraction of sp³-hybridized carbons (Fsp3) is 0.154. The number of ether oxygens (including phenoxy) is 3. The third-order valence-corrected chi connectivity index (χ3v) is 6.21. The molecule has 10 heteroatoms. The molecule has 0 radical (unpaired) electrons. The number of nitrogens with zero attached hydrogens (tertiary/aromatic N) is 2. The van der Waals surface area contributed by atoms with Crippen molar-refractivity contribution < 1.29 is 23.9 Å². The van der Waals surface area contributed by atoms with E-state index in [4.69, 9.17) is 25.8 Å². The van der Waals surface area contributed by atoms with Crippen molar-refractivity contribution >= 4 is 57.8 Å². The topological polar surface area (TPSA) is 100 Å². The van der Waals surface area contributed by atoms with Gasteiger partial charge in [-0.1, -0.05) is 29.8 Å². The Labute approximate surface area is 225 Å². The number of aliphatic imine (C=N–C) groups is 1. The molecular weight excluding hydrogens is 599 g/mol. The summed E-state index contributed by atoms with van der Waals surface area (Å²) >= 11 is 8.77. The third-order valence-electron chi connectivity index (χ3n) is 5.26. The summed E-state index contributed by atoms with van der Waals surface area (Å²) in [7, 11) is 0. The standard InChI is InChI=1S/C26H20ClIN2O6/c1-3-34-23-13-17(11-20(27)24(23)35-14-16-6-4-7-18(28)10-16)12-21-26(31)36-25(29-21)19-8-5-9-22(15(19)2)30(32)33/h4-13H,3,14H2,1-2H3/b21-12-. The summed E-state index contributed by atoms with van der Waals surface area (Å²) in [6.45, 7) is 4.11. The number of cyclic esters (lactones) is 1. The molecule has 0 saturated heterocycles. The number of nitro benzene ring substituents is 1. The Kier molecular flexibility index (Phi) is 7.90. The van der Waals surface area contributed by atoms with Gasteiger partial charge in [0.1, 0.15) is 6.61 Å². The van der Waals surface area contributed by atoms with Crippen LogP contribution in [0.4, 0.5) is 5.69 Å². The molecule has 0 spiro atoms. The molecule has 0 fully saturated rings. The fourth-order valence-electron chi connectivity index (χ4n) is 3.59. The maximum Gasteiger partial charge on any atom is 0.363 e. The van der Waals surface area contributed by atoms with Crippen molar-refractivity contribution in [2.45, 2.75) is 20.5 Å². The summed E-state index contributed by atoms with van der Waals surface area (Å²) in [5, 5.41) is 11.6. The highest BCUT2D eigenvalue weighted by Crippen LogP contribution is 2.38. The van der Waals surface area contributed by atoms with E-state index in [-0.39, 0.29) is 17.3 Å². The second-order valence-corrected chi connectivity index (χ2v) is 9.38. The van der Waals surface area contributed by atoms with Crippen molar-refractivity contribution in [2.75, 3.05) is 6.61 Å². The number of hydrogen-bond donors (Lipinski definition) is 0. The molecule has 184 valence electrons. The Balaban J connectivity index is 1.64. The van der Waals surface area contributed by atoms with Crippen molar-refractivity contribution in [3.63, 3.8) is 0 Å². The van der Waals surface area contributed by atoms with Gasteiger partial charge in [-0.05, 0) is 84.0 Å². The molecule has 8 nitrogen and oxygen atoms in total. The molecule has 3 aromatic rings. The first-order valence-electron chi connectivity index (χ1n) is 10.9. The maximum atomic E-state index is 12.5. The SMILES string of the molecule is CCOc1cc(/C=C2\N=C(c3cccc([N+](=O)[O-])c3C)OC2=O)cc(Cl)c1OCc1cccc(I)c1. The molecule has 0 aliphatic carbocycles. The molecule has 4 rings (SSSR count). The molecule has 0 amide bonds.